The van der Waals surface area contributed by atoms with E-state index in [1.807, 2.05) is 22.9 Å². The quantitative estimate of drug-likeness (QED) is 0.429. The van der Waals surface area contributed by atoms with Crippen LogP contribution < -0.4 is 5.32 Å². The van der Waals surface area contributed by atoms with E-state index in [4.69, 9.17) is 11.6 Å². The minimum atomic E-state index is -0.218. The fourth-order valence-electron chi connectivity index (χ4n) is 4.57. The number of hydrogen-bond acceptors (Lipinski definition) is 3. The molecule has 2 N–H and O–H groups in total. The first-order valence-corrected chi connectivity index (χ1v) is 11.4. The van der Waals surface area contributed by atoms with Crippen LogP contribution in [0.15, 0.2) is 60.8 Å². The third-order valence-corrected chi connectivity index (χ3v) is 6.71. The largest absolute Gasteiger partial charge is 0.357 e. The van der Waals surface area contributed by atoms with Gasteiger partial charge in [0, 0.05) is 42.3 Å². The first kappa shape index (κ1) is 20.8. The molecule has 0 spiro atoms. The Morgan fingerprint density at radius 2 is 1.88 bits per heavy atom. The summed E-state index contributed by atoms with van der Waals surface area (Å²) in [6.07, 6.45) is 3.70. The van der Waals surface area contributed by atoms with Gasteiger partial charge in [0.25, 0.3) is 5.91 Å². The second-order valence-corrected chi connectivity index (χ2v) is 8.78. The number of piperidine rings is 1. The van der Waals surface area contributed by atoms with Crippen molar-refractivity contribution < 1.29 is 4.79 Å². The molecule has 1 amide bonds. The number of para-hydroxylation sites is 1. The van der Waals surface area contributed by atoms with E-state index in [0.29, 0.717) is 16.4 Å². The number of amides is 1. The number of aromatic amines is 1. The third-order valence-electron chi connectivity index (χ3n) is 6.38. The average Bonchev–Trinajstić information content (AvgIpc) is 3.39. The Morgan fingerprint density at radius 1 is 1.12 bits per heavy atom. The van der Waals surface area contributed by atoms with Gasteiger partial charge in [-0.3, -0.25) is 9.69 Å². The van der Waals surface area contributed by atoms with Gasteiger partial charge in [-0.05, 0) is 43.5 Å². The molecule has 164 valence electrons. The average molecular weight is 448 g/mol. The lowest BCUT2D eigenvalue weighted by molar-refractivity contribution is 0.102. The Balaban J connectivity index is 1.23. The number of nitrogens with one attached hydrogen (secondary N) is 2. The summed E-state index contributed by atoms with van der Waals surface area (Å²) in [6.45, 7) is 5.08. The van der Waals surface area contributed by atoms with Crippen molar-refractivity contribution in [2.45, 2.75) is 32.4 Å². The van der Waals surface area contributed by atoms with Crippen molar-refractivity contribution in [1.29, 1.82) is 0 Å². The predicted octanol–water partition coefficient (Wildman–Crippen LogP) is 5.42. The number of rotatable bonds is 5. The number of benzene rings is 2. The topological polar surface area (TPSA) is 66.0 Å². The molecule has 1 fully saturated rings. The van der Waals surface area contributed by atoms with E-state index >= 15 is 0 Å². The molecular formula is C25H26ClN5O. The van der Waals surface area contributed by atoms with Gasteiger partial charge in [-0.1, -0.05) is 41.9 Å². The standard InChI is InChI=1S/C25H26ClN5O/c1-17-19-6-3-5-9-22(19)28-23(17)16-30-14-11-18(12-15-30)31-24(10-13-27-31)29-25(32)20-7-2-4-8-21(20)26/h2-10,13,18,28H,11-12,14-16H2,1H3,(H,29,32). The Morgan fingerprint density at radius 3 is 2.66 bits per heavy atom. The first-order valence-electron chi connectivity index (χ1n) is 11.0. The van der Waals surface area contributed by atoms with Crippen LogP contribution in [0.3, 0.4) is 0 Å². The number of aryl methyl sites for hydroxylation is 1. The van der Waals surface area contributed by atoms with Crippen molar-refractivity contribution in [3.05, 3.63) is 82.6 Å². The number of carbonyl (C=O) groups excluding carboxylic acids is 1. The van der Waals surface area contributed by atoms with E-state index in [2.05, 4.69) is 51.5 Å². The lowest BCUT2D eigenvalue weighted by Gasteiger charge is -2.32. The number of carbonyl (C=O) groups is 1. The molecule has 2 aromatic carbocycles. The van der Waals surface area contributed by atoms with Crippen LogP contribution in [0.25, 0.3) is 10.9 Å². The van der Waals surface area contributed by atoms with Crippen molar-refractivity contribution in [2.24, 2.45) is 0 Å². The van der Waals surface area contributed by atoms with Gasteiger partial charge in [-0.2, -0.15) is 5.10 Å². The van der Waals surface area contributed by atoms with Gasteiger partial charge in [-0.25, -0.2) is 4.68 Å². The third kappa shape index (κ3) is 4.04. The molecule has 0 bridgehead atoms. The number of aromatic nitrogens is 3. The molecule has 3 heterocycles. The van der Waals surface area contributed by atoms with Crippen LogP contribution in [0.2, 0.25) is 5.02 Å². The summed E-state index contributed by atoms with van der Waals surface area (Å²) in [7, 11) is 0. The summed E-state index contributed by atoms with van der Waals surface area (Å²) in [5.74, 6) is 0.490. The Hall–Kier alpha value is -3.09. The highest BCUT2D eigenvalue weighted by atomic mass is 35.5. The van der Waals surface area contributed by atoms with E-state index in [1.54, 1.807) is 18.3 Å². The number of hydrogen-bond donors (Lipinski definition) is 2. The number of likely N-dealkylation sites (tertiary alicyclic amines) is 1. The van der Waals surface area contributed by atoms with Crippen LogP contribution in [-0.2, 0) is 6.54 Å². The first-order chi connectivity index (χ1) is 15.6. The van der Waals surface area contributed by atoms with Gasteiger partial charge in [0.05, 0.1) is 22.8 Å². The Bertz CT molecular complexity index is 1250. The normalized spacial score (nSPS) is 15.3. The minimum absolute atomic E-state index is 0.218. The van der Waals surface area contributed by atoms with Crippen LogP contribution in [0.4, 0.5) is 5.82 Å². The summed E-state index contributed by atoms with van der Waals surface area (Å²) < 4.78 is 1.94. The number of H-pyrrole nitrogens is 1. The highest BCUT2D eigenvalue weighted by molar-refractivity contribution is 6.34. The summed E-state index contributed by atoms with van der Waals surface area (Å²) in [4.78, 5) is 18.7. The molecule has 7 heteroatoms. The van der Waals surface area contributed by atoms with Gasteiger partial charge >= 0.3 is 0 Å². The highest BCUT2D eigenvalue weighted by Crippen LogP contribution is 2.28. The second kappa shape index (κ2) is 8.81. The molecule has 0 radical (unpaired) electrons. The van der Waals surface area contributed by atoms with Gasteiger partial charge in [-0.15, -0.1) is 0 Å². The van der Waals surface area contributed by atoms with E-state index in [0.717, 1.165) is 32.5 Å². The van der Waals surface area contributed by atoms with Crippen LogP contribution in [-0.4, -0.2) is 38.7 Å². The van der Waals surface area contributed by atoms with E-state index < -0.39 is 0 Å². The maximum absolute atomic E-state index is 12.7. The summed E-state index contributed by atoms with van der Waals surface area (Å²) >= 11 is 6.18. The molecule has 1 aliphatic rings. The minimum Gasteiger partial charge on any atom is -0.357 e. The number of halogens is 1. The van der Waals surface area contributed by atoms with Crippen LogP contribution >= 0.6 is 11.6 Å². The zero-order valence-electron chi connectivity index (χ0n) is 18.0. The van der Waals surface area contributed by atoms with Gasteiger partial charge in [0.1, 0.15) is 5.82 Å². The van der Waals surface area contributed by atoms with Crippen LogP contribution in [0.1, 0.15) is 40.5 Å². The predicted molar refractivity (Wildman–Crippen MR) is 128 cm³/mol. The highest BCUT2D eigenvalue weighted by Gasteiger charge is 2.24. The maximum atomic E-state index is 12.7. The molecule has 6 nitrogen and oxygen atoms in total. The Labute approximate surface area is 192 Å². The molecule has 4 aromatic rings. The van der Waals surface area contributed by atoms with Crippen molar-refractivity contribution in [3.8, 4) is 0 Å². The fraction of sp³-hybridized carbons (Fsp3) is 0.280. The van der Waals surface area contributed by atoms with Crippen LogP contribution in [0.5, 0.6) is 0 Å². The molecule has 0 unspecified atom stereocenters. The number of fused-ring (bicyclic) bond motifs is 1. The number of anilines is 1. The zero-order chi connectivity index (χ0) is 22.1. The van der Waals surface area contributed by atoms with Gasteiger partial charge in [0.15, 0.2) is 0 Å². The molecule has 0 saturated carbocycles. The maximum Gasteiger partial charge on any atom is 0.258 e. The summed E-state index contributed by atoms with van der Waals surface area (Å²) in [6, 6.07) is 17.6. The summed E-state index contributed by atoms with van der Waals surface area (Å²) in [5, 5.41) is 9.22. The molecular weight excluding hydrogens is 422 g/mol. The molecule has 0 aliphatic carbocycles. The van der Waals surface area contributed by atoms with Gasteiger partial charge < -0.3 is 10.3 Å². The zero-order valence-corrected chi connectivity index (χ0v) is 18.8. The second-order valence-electron chi connectivity index (χ2n) is 8.38. The van der Waals surface area contributed by atoms with Crippen molar-refractivity contribution in [2.75, 3.05) is 18.4 Å². The molecule has 32 heavy (non-hydrogen) atoms. The molecule has 5 rings (SSSR count). The fourth-order valence-corrected chi connectivity index (χ4v) is 4.80. The van der Waals surface area contributed by atoms with Crippen molar-refractivity contribution in [1.82, 2.24) is 19.7 Å². The molecule has 1 aliphatic heterocycles. The SMILES string of the molecule is Cc1c(CN2CCC(n3nccc3NC(=O)c3ccccc3Cl)CC2)[nH]c2ccccc12. The van der Waals surface area contributed by atoms with Gasteiger partial charge in [0.2, 0.25) is 0 Å². The lowest BCUT2D eigenvalue weighted by Crippen LogP contribution is -2.35. The molecule has 2 aromatic heterocycles. The summed E-state index contributed by atoms with van der Waals surface area (Å²) in [5.41, 5.74) is 4.28. The molecule has 1 saturated heterocycles. The van der Waals surface area contributed by atoms with E-state index in [-0.39, 0.29) is 11.9 Å². The molecule has 0 atom stereocenters. The van der Waals surface area contributed by atoms with Crippen LogP contribution in [0, 0.1) is 6.92 Å². The van der Waals surface area contributed by atoms with E-state index in [9.17, 15) is 4.79 Å². The smallest absolute Gasteiger partial charge is 0.258 e. The van der Waals surface area contributed by atoms with Crippen molar-refractivity contribution >= 4 is 34.2 Å². The lowest BCUT2D eigenvalue weighted by atomic mass is 10.0. The monoisotopic (exact) mass is 447 g/mol. The van der Waals surface area contributed by atoms with Crippen molar-refractivity contribution in [3.63, 3.8) is 0 Å². The number of nitrogens with zero attached hydrogens (tertiary/aromatic N) is 3. The Kier molecular flexibility index (Phi) is 5.72. The van der Waals surface area contributed by atoms with E-state index in [1.165, 1.54) is 22.2 Å².